The number of alkyl halides is 3. The highest BCUT2D eigenvalue weighted by molar-refractivity contribution is 6.35. The van der Waals surface area contributed by atoms with Crippen LogP contribution in [-0.2, 0) is 4.79 Å². The number of carbonyl (C=O) groups excluding carboxylic acids is 1. The van der Waals surface area contributed by atoms with Gasteiger partial charge in [0.2, 0.25) is 5.91 Å². The smallest absolute Gasteiger partial charge is 0.451 e. The Labute approximate surface area is 132 Å². The molecule has 1 N–H and O–H groups in total. The molecule has 0 spiro atoms. The zero-order valence-corrected chi connectivity index (χ0v) is 12.1. The second kappa shape index (κ2) is 5.66. The first kappa shape index (κ1) is 16.4. The van der Waals surface area contributed by atoms with E-state index in [2.05, 4.69) is 4.99 Å². The zero-order valence-electron chi connectivity index (χ0n) is 10.5. The first-order chi connectivity index (χ1) is 10.2. The van der Waals surface area contributed by atoms with Crippen molar-refractivity contribution in [2.45, 2.75) is 18.3 Å². The molecule has 0 aliphatic carbocycles. The van der Waals surface area contributed by atoms with Crippen LogP contribution in [0.25, 0.3) is 0 Å². The fourth-order valence-corrected chi connectivity index (χ4v) is 2.12. The maximum Gasteiger partial charge on any atom is 0.451 e. The third-order valence-corrected chi connectivity index (χ3v) is 3.35. The summed E-state index contributed by atoms with van der Waals surface area (Å²) in [6.45, 7) is 0. The fourth-order valence-electron chi connectivity index (χ4n) is 1.72. The highest BCUT2D eigenvalue weighted by Gasteiger charge is 2.60. The number of benzene rings is 1. The molecule has 22 heavy (non-hydrogen) atoms. The molecule has 0 fully saturated rings. The van der Waals surface area contributed by atoms with Gasteiger partial charge in [0.15, 0.2) is 0 Å². The summed E-state index contributed by atoms with van der Waals surface area (Å²) in [7, 11) is 0. The second-order valence-electron chi connectivity index (χ2n) is 4.26. The molecule has 1 heterocycles. The van der Waals surface area contributed by atoms with Gasteiger partial charge >= 0.3 is 11.9 Å². The molecule has 0 aromatic heterocycles. The number of hydrogen-bond acceptors (Lipinski definition) is 4. The number of hydrogen-bond donors (Lipinski definition) is 1. The third-order valence-electron chi connectivity index (χ3n) is 2.75. The lowest BCUT2D eigenvalue weighted by Gasteiger charge is -2.33. The summed E-state index contributed by atoms with van der Waals surface area (Å²) in [5.41, 5.74) is -3.29. The molecule has 0 saturated carbocycles. The Hall–Kier alpha value is -1.98. The van der Waals surface area contributed by atoms with Crippen LogP contribution in [0.5, 0.6) is 5.75 Å². The SMILES string of the molecule is N#Cc1cc(Cl)cc(OC2(C(F)(F)F)CC(=O)NC=N2)c1Cl. The predicted octanol–water partition coefficient (Wildman–Crippen LogP) is 3.05. The van der Waals surface area contributed by atoms with Crippen molar-refractivity contribution in [2.75, 3.05) is 0 Å². The Balaban J connectivity index is 2.53. The minimum atomic E-state index is -4.99. The average molecular weight is 352 g/mol. The van der Waals surface area contributed by atoms with Gasteiger partial charge in [-0.1, -0.05) is 23.2 Å². The molecule has 1 amide bonds. The topological polar surface area (TPSA) is 74.5 Å². The Bertz CT molecular complexity index is 700. The van der Waals surface area contributed by atoms with Gasteiger partial charge in [-0.05, 0) is 6.07 Å². The lowest BCUT2D eigenvalue weighted by atomic mass is 10.1. The number of carbonyl (C=O) groups is 1. The molecule has 1 aromatic rings. The van der Waals surface area contributed by atoms with Crippen LogP contribution in [0.4, 0.5) is 13.2 Å². The van der Waals surface area contributed by atoms with Crippen LogP contribution in [0.1, 0.15) is 12.0 Å². The van der Waals surface area contributed by atoms with Gasteiger partial charge < -0.3 is 10.1 Å². The van der Waals surface area contributed by atoms with Gasteiger partial charge in [0.25, 0.3) is 0 Å². The van der Waals surface area contributed by atoms with Crippen molar-refractivity contribution in [3.05, 3.63) is 27.7 Å². The highest BCUT2D eigenvalue weighted by Crippen LogP contribution is 2.42. The van der Waals surface area contributed by atoms with E-state index in [0.717, 1.165) is 6.07 Å². The van der Waals surface area contributed by atoms with Gasteiger partial charge in [0, 0.05) is 11.1 Å². The molecule has 0 radical (unpaired) electrons. The Kier molecular flexibility index (Phi) is 4.22. The third kappa shape index (κ3) is 2.96. The molecule has 0 bridgehead atoms. The number of nitrogens with zero attached hydrogens (tertiary/aromatic N) is 2. The number of aliphatic imine (C=N–C) groups is 1. The monoisotopic (exact) mass is 351 g/mol. The van der Waals surface area contributed by atoms with E-state index in [0.29, 0.717) is 6.34 Å². The van der Waals surface area contributed by atoms with Gasteiger partial charge in [0.1, 0.15) is 16.8 Å². The van der Waals surface area contributed by atoms with Crippen LogP contribution in [0.3, 0.4) is 0 Å². The van der Waals surface area contributed by atoms with E-state index >= 15 is 0 Å². The van der Waals surface area contributed by atoms with E-state index in [4.69, 9.17) is 33.2 Å². The van der Waals surface area contributed by atoms with E-state index in [-0.39, 0.29) is 15.6 Å². The maximum absolute atomic E-state index is 13.3. The normalized spacial score (nSPS) is 21.2. The molecule has 1 unspecified atom stereocenters. The van der Waals surface area contributed by atoms with Crippen molar-refractivity contribution >= 4 is 35.4 Å². The van der Waals surface area contributed by atoms with Crippen LogP contribution in [0.2, 0.25) is 10.0 Å². The van der Waals surface area contributed by atoms with Crippen molar-refractivity contribution in [3.8, 4) is 11.8 Å². The summed E-state index contributed by atoms with van der Waals surface area (Å²) in [5, 5.41) is 10.5. The number of amides is 1. The van der Waals surface area contributed by atoms with Crippen LogP contribution in [0.15, 0.2) is 17.1 Å². The van der Waals surface area contributed by atoms with E-state index in [1.54, 1.807) is 6.07 Å². The first-order valence-corrected chi connectivity index (χ1v) is 6.42. The summed E-state index contributed by atoms with van der Waals surface area (Å²) < 4.78 is 44.8. The molecular formula is C12H6Cl2F3N3O2. The number of nitriles is 1. The summed E-state index contributed by atoms with van der Waals surface area (Å²) in [6.07, 6.45) is -5.47. The number of rotatable bonds is 2. The molecule has 10 heteroatoms. The standard InChI is InChI=1S/C12H6Cl2F3N3O2/c13-7-1-6(4-18)10(14)8(2-7)22-11(12(15,16)17)3-9(21)19-5-20-11/h1-2,5H,3H2,(H,19,20,21). The van der Waals surface area contributed by atoms with E-state index in [9.17, 15) is 18.0 Å². The minimum Gasteiger partial charge on any atom is -0.454 e. The quantitative estimate of drug-likeness (QED) is 0.889. The number of nitrogens with one attached hydrogen (secondary N) is 1. The van der Waals surface area contributed by atoms with Crippen LogP contribution in [-0.4, -0.2) is 24.1 Å². The highest BCUT2D eigenvalue weighted by atomic mass is 35.5. The summed E-state index contributed by atoms with van der Waals surface area (Å²) in [6, 6.07) is 3.87. The second-order valence-corrected chi connectivity index (χ2v) is 5.08. The molecular weight excluding hydrogens is 346 g/mol. The Morgan fingerprint density at radius 3 is 2.64 bits per heavy atom. The molecule has 5 nitrogen and oxygen atoms in total. The van der Waals surface area contributed by atoms with Crippen LogP contribution < -0.4 is 10.1 Å². The molecule has 0 saturated heterocycles. The molecule has 1 aromatic carbocycles. The molecule has 2 rings (SSSR count). The lowest BCUT2D eigenvalue weighted by Crippen LogP contribution is -2.54. The molecule has 1 aliphatic heterocycles. The summed E-state index contributed by atoms with van der Waals surface area (Å²) in [5.74, 6) is -1.42. The van der Waals surface area contributed by atoms with Crippen molar-refractivity contribution < 1.29 is 22.7 Å². The average Bonchev–Trinajstić information content (AvgIpc) is 2.41. The zero-order chi connectivity index (χ0) is 16.5. The van der Waals surface area contributed by atoms with E-state index in [1.807, 2.05) is 5.32 Å². The summed E-state index contributed by atoms with van der Waals surface area (Å²) in [4.78, 5) is 14.5. The number of halogens is 5. The van der Waals surface area contributed by atoms with Gasteiger partial charge in [-0.2, -0.15) is 18.4 Å². The van der Waals surface area contributed by atoms with Gasteiger partial charge in [-0.3, -0.25) is 4.79 Å². The van der Waals surface area contributed by atoms with Crippen LogP contribution in [0, 0.1) is 11.3 Å². The maximum atomic E-state index is 13.3. The fraction of sp³-hybridized carbons (Fsp3) is 0.250. The van der Waals surface area contributed by atoms with Gasteiger partial charge in [-0.25, -0.2) is 4.99 Å². The van der Waals surface area contributed by atoms with Crippen molar-refractivity contribution in [3.63, 3.8) is 0 Å². The van der Waals surface area contributed by atoms with Crippen LogP contribution >= 0.6 is 23.2 Å². The van der Waals surface area contributed by atoms with Crippen molar-refractivity contribution in [1.82, 2.24) is 5.32 Å². The first-order valence-electron chi connectivity index (χ1n) is 5.66. The molecule has 116 valence electrons. The Morgan fingerprint density at radius 2 is 2.09 bits per heavy atom. The Morgan fingerprint density at radius 1 is 1.41 bits per heavy atom. The minimum absolute atomic E-state index is 0.0440. The van der Waals surface area contributed by atoms with Crippen molar-refractivity contribution in [1.29, 1.82) is 5.26 Å². The van der Waals surface area contributed by atoms with Gasteiger partial charge in [0.05, 0.1) is 18.3 Å². The lowest BCUT2D eigenvalue weighted by molar-refractivity contribution is -0.247. The van der Waals surface area contributed by atoms with E-state index < -0.39 is 30.0 Å². The van der Waals surface area contributed by atoms with Crippen molar-refractivity contribution in [2.24, 2.45) is 4.99 Å². The molecule has 1 aliphatic rings. The van der Waals surface area contributed by atoms with E-state index in [1.165, 1.54) is 6.07 Å². The van der Waals surface area contributed by atoms with Gasteiger partial charge in [-0.15, -0.1) is 0 Å². The summed E-state index contributed by atoms with van der Waals surface area (Å²) >= 11 is 11.5. The molecule has 1 atom stereocenters. The largest absolute Gasteiger partial charge is 0.454 e. The number of ether oxygens (including phenoxy) is 1. The predicted molar refractivity (Wildman–Crippen MR) is 71.8 cm³/mol.